The third-order valence-corrected chi connectivity index (χ3v) is 2.35. The van der Waals surface area contributed by atoms with Crippen molar-refractivity contribution in [1.29, 1.82) is 0 Å². The highest BCUT2D eigenvalue weighted by molar-refractivity contribution is 5.67. The lowest BCUT2D eigenvalue weighted by Gasteiger charge is -2.20. The van der Waals surface area contributed by atoms with E-state index in [4.69, 9.17) is 4.74 Å². The molecule has 5 heteroatoms. The van der Waals surface area contributed by atoms with Gasteiger partial charge in [0, 0.05) is 5.56 Å². The number of aliphatic hydroxyl groups excluding tert-OH is 1. The first kappa shape index (κ1) is 15.4. The molecule has 0 aliphatic carbocycles. The number of rotatable bonds is 3. The first-order valence-corrected chi connectivity index (χ1v) is 6.10. The molecule has 0 aliphatic heterocycles. The number of halogens is 1. The van der Waals surface area contributed by atoms with Crippen LogP contribution in [0.15, 0.2) is 18.2 Å². The molecule has 0 aromatic heterocycles. The predicted molar refractivity (Wildman–Crippen MR) is 70.3 cm³/mol. The van der Waals surface area contributed by atoms with Crippen LogP contribution in [0.25, 0.3) is 0 Å². The summed E-state index contributed by atoms with van der Waals surface area (Å²) in [6.45, 7) is 6.92. The van der Waals surface area contributed by atoms with Gasteiger partial charge in [0.25, 0.3) is 0 Å². The highest BCUT2D eigenvalue weighted by atomic mass is 19.1. The second kappa shape index (κ2) is 6.02. The SMILES string of the molecule is Cc1ccc(F)c(C(O)CNC(=O)OC(C)(C)C)c1. The number of amides is 1. The fourth-order valence-electron chi connectivity index (χ4n) is 1.52. The van der Waals surface area contributed by atoms with Crippen LogP contribution < -0.4 is 5.32 Å². The van der Waals surface area contributed by atoms with E-state index in [0.717, 1.165) is 5.56 Å². The van der Waals surface area contributed by atoms with Gasteiger partial charge in [-0.25, -0.2) is 9.18 Å². The molecule has 1 aromatic rings. The third-order valence-electron chi connectivity index (χ3n) is 2.35. The molecular weight excluding hydrogens is 249 g/mol. The van der Waals surface area contributed by atoms with Crippen LogP contribution in [0.4, 0.5) is 9.18 Å². The van der Waals surface area contributed by atoms with Gasteiger partial charge in [-0.3, -0.25) is 0 Å². The van der Waals surface area contributed by atoms with Gasteiger partial charge in [-0.05, 0) is 33.8 Å². The smallest absolute Gasteiger partial charge is 0.407 e. The van der Waals surface area contributed by atoms with Gasteiger partial charge in [-0.15, -0.1) is 0 Å². The van der Waals surface area contributed by atoms with Gasteiger partial charge in [0.1, 0.15) is 11.4 Å². The molecule has 0 bridgehead atoms. The molecule has 1 unspecified atom stereocenters. The van der Waals surface area contributed by atoms with Crippen molar-refractivity contribution in [2.45, 2.75) is 39.4 Å². The molecule has 1 rings (SSSR count). The Morgan fingerprint density at radius 1 is 1.47 bits per heavy atom. The predicted octanol–water partition coefficient (Wildman–Crippen LogP) is 2.69. The molecule has 0 radical (unpaired) electrons. The second-order valence-corrected chi connectivity index (χ2v) is 5.42. The van der Waals surface area contributed by atoms with Crippen LogP contribution in [0.5, 0.6) is 0 Å². The van der Waals surface area contributed by atoms with Crippen molar-refractivity contribution in [2.24, 2.45) is 0 Å². The van der Waals surface area contributed by atoms with E-state index >= 15 is 0 Å². The molecule has 106 valence electrons. The quantitative estimate of drug-likeness (QED) is 0.887. The van der Waals surface area contributed by atoms with Crippen LogP contribution in [0, 0.1) is 12.7 Å². The monoisotopic (exact) mass is 269 g/mol. The van der Waals surface area contributed by atoms with Crippen molar-refractivity contribution in [3.63, 3.8) is 0 Å². The Morgan fingerprint density at radius 3 is 2.68 bits per heavy atom. The van der Waals surface area contributed by atoms with Gasteiger partial charge in [0.2, 0.25) is 0 Å². The maximum atomic E-state index is 13.5. The average Bonchev–Trinajstić information content (AvgIpc) is 2.27. The van der Waals surface area contributed by atoms with Crippen LogP contribution in [0.1, 0.15) is 38.0 Å². The summed E-state index contributed by atoms with van der Waals surface area (Å²) in [6, 6.07) is 4.46. The molecule has 1 atom stereocenters. The van der Waals surface area contributed by atoms with Gasteiger partial charge in [0.15, 0.2) is 0 Å². The van der Waals surface area contributed by atoms with E-state index in [2.05, 4.69) is 5.32 Å². The maximum absolute atomic E-state index is 13.5. The molecule has 1 amide bonds. The van der Waals surface area contributed by atoms with Crippen molar-refractivity contribution >= 4 is 6.09 Å². The summed E-state index contributed by atoms with van der Waals surface area (Å²) in [5.41, 5.74) is 0.396. The first-order chi connectivity index (χ1) is 8.69. The number of benzene rings is 1. The normalized spacial score (nSPS) is 12.9. The number of aliphatic hydroxyl groups is 1. The summed E-state index contributed by atoms with van der Waals surface area (Å²) < 4.78 is 18.5. The van der Waals surface area contributed by atoms with E-state index in [9.17, 15) is 14.3 Å². The number of ether oxygens (including phenoxy) is 1. The number of alkyl carbamates (subject to hydrolysis) is 1. The van der Waals surface area contributed by atoms with Crippen molar-refractivity contribution in [3.8, 4) is 0 Å². The standard InChI is InChI=1S/C14H20FNO3/c1-9-5-6-11(15)10(7-9)12(17)8-16-13(18)19-14(2,3)4/h5-7,12,17H,8H2,1-4H3,(H,16,18). The van der Waals surface area contributed by atoms with Crippen molar-refractivity contribution in [2.75, 3.05) is 6.54 Å². The molecule has 4 nitrogen and oxygen atoms in total. The third kappa shape index (κ3) is 5.26. The van der Waals surface area contributed by atoms with E-state index in [0.29, 0.717) is 0 Å². The summed E-state index contributed by atoms with van der Waals surface area (Å²) in [5.74, 6) is -0.496. The van der Waals surface area contributed by atoms with Gasteiger partial charge in [0.05, 0.1) is 12.6 Å². The minimum absolute atomic E-state index is 0.102. The van der Waals surface area contributed by atoms with Gasteiger partial charge in [-0.2, -0.15) is 0 Å². The Balaban J connectivity index is 2.58. The largest absolute Gasteiger partial charge is 0.444 e. The van der Waals surface area contributed by atoms with Crippen molar-refractivity contribution in [1.82, 2.24) is 5.32 Å². The van der Waals surface area contributed by atoms with Crippen LogP contribution in [-0.4, -0.2) is 23.3 Å². The van der Waals surface area contributed by atoms with E-state index in [1.165, 1.54) is 6.07 Å². The maximum Gasteiger partial charge on any atom is 0.407 e. The zero-order valence-corrected chi connectivity index (χ0v) is 11.7. The lowest BCUT2D eigenvalue weighted by molar-refractivity contribution is 0.0490. The van der Waals surface area contributed by atoms with E-state index < -0.39 is 23.6 Å². The summed E-state index contributed by atoms with van der Waals surface area (Å²) >= 11 is 0. The summed E-state index contributed by atoms with van der Waals surface area (Å²) in [4.78, 5) is 11.4. The number of hydrogen-bond acceptors (Lipinski definition) is 3. The zero-order valence-electron chi connectivity index (χ0n) is 11.7. The number of carbonyl (C=O) groups is 1. The Morgan fingerprint density at radius 2 is 2.11 bits per heavy atom. The Bertz CT molecular complexity index is 454. The topological polar surface area (TPSA) is 58.6 Å². The highest BCUT2D eigenvalue weighted by Gasteiger charge is 2.18. The molecular formula is C14H20FNO3. The van der Waals surface area contributed by atoms with Gasteiger partial charge < -0.3 is 15.2 Å². The number of carbonyl (C=O) groups excluding carboxylic acids is 1. The Labute approximate surface area is 112 Å². The van der Waals surface area contributed by atoms with E-state index in [1.807, 2.05) is 0 Å². The average molecular weight is 269 g/mol. The summed E-state index contributed by atoms with van der Waals surface area (Å²) in [7, 11) is 0. The summed E-state index contributed by atoms with van der Waals surface area (Å²) in [6.07, 6.45) is -1.74. The lowest BCUT2D eigenvalue weighted by atomic mass is 10.1. The van der Waals surface area contributed by atoms with Crippen LogP contribution in [0.3, 0.4) is 0 Å². The zero-order chi connectivity index (χ0) is 14.6. The van der Waals surface area contributed by atoms with Crippen LogP contribution in [-0.2, 0) is 4.74 Å². The van der Waals surface area contributed by atoms with Crippen molar-refractivity contribution in [3.05, 3.63) is 35.1 Å². The molecule has 0 saturated carbocycles. The minimum Gasteiger partial charge on any atom is -0.444 e. The fourth-order valence-corrected chi connectivity index (χ4v) is 1.52. The summed E-state index contributed by atoms with van der Waals surface area (Å²) in [5, 5.41) is 12.3. The first-order valence-electron chi connectivity index (χ1n) is 6.10. The van der Waals surface area contributed by atoms with Crippen LogP contribution >= 0.6 is 0 Å². The number of hydrogen-bond donors (Lipinski definition) is 2. The molecule has 0 spiro atoms. The van der Waals surface area contributed by atoms with E-state index in [-0.39, 0.29) is 12.1 Å². The molecule has 19 heavy (non-hydrogen) atoms. The second-order valence-electron chi connectivity index (χ2n) is 5.42. The number of aryl methyl sites for hydroxylation is 1. The molecule has 0 saturated heterocycles. The molecule has 1 aromatic carbocycles. The van der Waals surface area contributed by atoms with Gasteiger partial charge >= 0.3 is 6.09 Å². The van der Waals surface area contributed by atoms with E-state index in [1.54, 1.807) is 39.8 Å². The van der Waals surface area contributed by atoms with Crippen molar-refractivity contribution < 1.29 is 19.0 Å². The molecule has 0 heterocycles. The van der Waals surface area contributed by atoms with Crippen LogP contribution in [0.2, 0.25) is 0 Å². The molecule has 0 aliphatic rings. The lowest BCUT2D eigenvalue weighted by Crippen LogP contribution is -2.35. The highest BCUT2D eigenvalue weighted by Crippen LogP contribution is 2.18. The Kier molecular flexibility index (Phi) is 4.89. The molecule has 0 fully saturated rings. The van der Waals surface area contributed by atoms with Gasteiger partial charge in [-0.1, -0.05) is 17.7 Å². The minimum atomic E-state index is -1.10. The molecule has 2 N–H and O–H groups in total. The fraction of sp³-hybridized carbons (Fsp3) is 0.500. The Hall–Kier alpha value is -1.62. The number of nitrogens with one attached hydrogen (secondary N) is 1.